The van der Waals surface area contributed by atoms with Crippen molar-refractivity contribution in [3.63, 3.8) is 0 Å². The molecule has 0 unspecified atom stereocenters. The molecule has 1 saturated heterocycles. The molecule has 4 heteroatoms. The van der Waals surface area contributed by atoms with Gasteiger partial charge in [-0.1, -0.05) is 6.92 Å². The molecule has 108 valence electrons. The summed E-state index contributed by atoms with van der Waals surface area (Å²) in [6.07, 6.45) is 7.65. The molecule has 1 aliphatic rings. The van der Waals surface area contributed by atoms with Gasteiger partial charge >= 0.3 is 0 Å². The minimum atomic E-state index is -0.0477. The van der Waals surface area contributed by atoms with Gasteiger partial charge in [0.2, 0.25) is 0 Å². The van der Waals surface area contributed by atoms with E-state index < -0.39 is 0 Å². The van der Waals surface area contributed by atoms with Gasteiger partial charge in [0.1, 0.15) is 0 Å². The van der Waals surface area contributed by atoms with Crippen molar-refractivity contribution in [3.05, 3.63) is 18.0 Å². The minimum absolute atomic E-state index is 0.0477. The van der Waals surface area contributed by atoms with Crippen molar-refractivity contribution in [2.75, 3.05) is 26.7 Å². The van der Waals surface area contributed by atoms with E-state index in [1.165, 1.54) is 18.4 Å². The third kappa shape index (κ3) is 3.80. The van der Waals surface area contributed by atoms with E-state index in [-0.39, 0.29) is 5.60 Å². The van der Waals surface area contributed by atoms with Gasteiger partial charge in [0.25, 0.3) is 0 Å². The van der Waals surface area contributed by atoms with E-state index in [1.54, 1.807) is 7.11 Å². The lowest BCUT2D eigenvalue weighted by Gasteiger charge is -2.36. The maximum absolute atomic E-state index is 5.51. The summed E-state index contributed by atoms with van der Waals surface area (Å²) in [7, 11) is 1.79. The van der Waals surface area contributed by atoms with Crippen LogP contribution in [0.5, 0.6) is 0 Å². The fourth-order valence-electron chi connectivity index (χ4n) is 2.70. The molecule has 0 amide bonds. The highest BCUT2D eigenvalue weighted by Crippen LogP contribution is 2.23. The first-order valence-electron chi connectivity index (χ1n) is 7.34. The maximum atomic E-state index is 5.51. The second kappa shape index (κ2) is 6.06. The Balaban J connectivity index is 1.85. The number of aromatic nitrogens is 2. The van der Waals surface area contributed by atoms with Crippen LogP contribution in [0.1, 0.15) is 45.2 Å². The van der Waals surface area contributed by atoms with Crippen LogP contribution in [0.3, 0.4) is 0 Å². The number of aryl methyl sites for hydroxylation is 1. The van der Waals surface area contributed by atoms with Crippen molar-refractivity contribution in [3.8, 4) is 0 Å². The van der Waals surface area contributed by atoms with Crippen LogP contribution in [0.15, 0.2) is 12.4 Å². The van der Waals surface area contributed by atoms with Crippen LogP contribution in [0.2, 0.25) is 0 Å². The second-order valence-corrected chi connectivity index (χ2v) is 6.15. The van der Waals surface area contributed by atoms with Crippen LogP contribution in [0.4, 0.5) is 0 Å². The number of likely N-dealkylation sites (tertiary alicyclic amines) is 1. The topological polar surface area (TPSA) is 30.3 Å². The van der Waals surface area contributed by atoms with Crippen LogP contribution < -0.4 is 0 Å². The summed E-state index contributed by atoms with van der Waals surface area (Å²) in [6, 6.07) is 0.571. The molecule has 2 rings (SSSR count). The highest BCUT2D eigenvalue weighted by atomic mass is 16.5. The Kier molecular flexibility index (Phi) is 4.63. The zero-order valence-electron chi connectivity index (χ0n) is 12.7. The quantitative estimate of drug-likeness (QED) is 0.819. The van der Waals surface area contributed by atoms with Crippen molar-refractivity contribution in [1.82, 2.24) is 14.7 Å². The number of nitrogens with zero attached hydrogens (tertiary/aromatic N) is 3. The SMILES string of the molecule is CCc1cnn(C2CCN(CC(C)(C)OC)CC2)c1. The average Bonchev–Trinajstić information content (AvgIpc) is 2.88. The predicted molar refractivity (Wildman–Crippen MR) is 77.4 cm³/mol. The molecule has 0 N–H and O–H groups in total. The predicted octanol–water partition coefficient (Wildman–Crippen LogP) is 2.51. The Morgan fingerprint density at radius 3 is 2.58 bits per heavy atom. The fourth-order valence-corrected chi connectivity index (χ4v) is 2.70. The lowest BCUT2D eigenvalue weighted by molar-refractivity contribution is -0.0144. The zero-order chi connectivity index (χ0) is 13.9. The van der Waals surface area contributed by atoms with Crippen molar-refractivity contribution >= 4 is 0 Å². The zero-order valence-corrected chi connectivity index (χ0v) is 12.7. The van der Waals surface area contributed by atoms with Crippen molar-refractivity contribution in [2.24, 2.45) is 0 Å². The maximum Gasteiger partial charge on any atom is 0.0749 e. The van der Waals surface area contributed by atoms with Crippen molar-refractivity contribution in [1.29, 1.82) is 0 Å². The van der Waals surface area contributed by atoms with E-state index in [1.807, 2.05) is 6.20 Å². The number of hydrogen-bond acceptors (Lipinski definition) is 3. The minimum Gasteiger partial charge on any atom is -0.377 e. The van der Waals surface area contributed by atoms with Gasteiger partial charge < -0.3 is 9.64 Å². The standard InChI is InChI=1S/C15H27N3O/c1-5-13-10-16-18(11-13)14-6-8-17(9-7-14)12-15(2,3)19-4/h10-11,14H,5-9,12H2,1-4H3. The average molecular weight is 265 g/mol. The lowest BCUT2D eigenvalue weighted by Crippen LogP contribution is -2.44. The molecule has 2 heterocycles. The number of hydrogen-bond donors (Lipinski definition) is 0. The van der Waals surface area contributed by atoms with E-state index in [0.29, 0.717) is 6.04 Å². The molecule has 19 heavy (non-hydrogen) atoms. The highest BCUT2D eigenvalue weighted by molar-refractivity contribution is 5.04. The summed E-state index contributed by atoms with van der Waals surface area (Å²) in [4.78, 5) is 2.50. The third-order valence-electron chi connectivity index (χ3n) is 4.15. The number of rotatable bonds is 5. The smallest absolute Gasteiger partial charge is 0.0749 e. The Hall–Kier alpha value is -0.870. The van der Waals surface area contributed by atoms with Gasteiger partial charge in [0.15, 0.2) is 0 Å². The van der Waals surface area contributed by atoms with E-state index >= 15 is 0 Å². The normalized spacial score (nSPS) is 18.9. The van der Waals surface area contributed by atoms with Crippen molar-refractivity contribution < 1.29 is 4.74 Å². The number of methoxy groups -OCH3 is 1. The largest absolute Gasteiger partial charge is 0.377 e. The molecule has 0 radical (unpaired) electrons. The Bertz CT molecular complexity index is 392. The molecule has 0 bridgehead atoms. The summed E-state index contributed by atoms with van der Waals surface area (Å²) in [5, 5.41) is 4.50. The van der Waals surface area contributed by atoms with Crippen LogP contribution in [-0.4, -0.2) is 47.0 Å². The molecule has 1 aromatic rings. The first-order chi connectivity index (χ1) is 9.04. The monoisotopic (exact) mass is 265 g/mol. The molecule has 0 aromatic carbocycles. The molecule has 0 atom stereocenters. The molecular formula is C15H27N3O. The van der Waals surface area contributed by atoms with E-state index in [0.717, 1.165) is 26.1 Å². The lowest BCUT2D eigenvalue weighted by atomic mass is 10.0. The van der Waals surface area contributed by atoms with Crippen LogP contribution in [0, 0.1) is 0 Å². The Morgan fingerprint density at radius 2 is 2.05 bits per heavy atom. The summed E-state index contributed by atoms with van der Waals surface area (Å²) >= 11 is 0. The van der Waals surface area contributed by atoms with E-state index in [4.69, 9.17) is 4.74 Å². The summed E-state index contributed by atoms with van der Waals surface area (Å²) in [6.45, 7) is 9.77. The molecule has 0 saturated carbocycles. The Labute approximate surface area is 116 Å². The first kappa shape index (κ1) is 14.5. The molecule has 1 aliphatic heterocycles. The third-order valence-corrected chi connectivity index (χ3v) is 4.15. The second-order valence-electron chi connectivity index (χ2n) is 6.15. The van der Waals surface area contributed by atoms with Gasteiger partial charge in [0.05, 0.1) is 17.8 Å². The Morgan fingerprint density at radius 1 is 1.37 bits per heavy atom. The van der Waals surface area contributed by atoms with Gasteiger partial charge in [-0.05, 0) is 38.7 Å². The molecule has 0 aliphatic carbocycles. The van der Waals surface area contributed by atoms with Crippen molar-refractivity contribution in [2.45, 2.75) is 51.7 Å². The highest BCUT2D eigenvalue weighted by Gasteiger charge is 2.26. The molecule has 0 spiro atoms. The number of piperidine rings is 1. The van der Waals surface area contributed by atoms with E-state index in [9.17, 15) is 0 Å². The molecule has 1 aromatic heterocycles. The van der Waals surface area contributed by atoms with Crippen LogP contribution in [0.25, 0.3) is 0 Å². The van der Waals surface area contributed by atoms with Crippen LogP contribution in [-0.2, 0) is 11.2 Å². The summed E-state index contributed by atoms with van der Waals surface area (Å²) in [5.74, 6) is 0. The molecule has 4 nitrogen and oxygen atoms in total. The van der Waals surface area contributed by atoms with Gasteiger partial charge in [-0.15, -0.1) is 0 Å². The van der Waals surface area contributed by atoms with Gasteiger partial charge in [-0.25, -0.2) is 0 Å². The molecule has 1 fully saturated rings. The molecular weight excluding hydrogens is 238 g/mol. The van der Waals surface area contributed by atoms with Crippen LogP contribution >= 0.6 is 0 Å². The first-order valence-corrected chi connectivity index (χ1v) is 7.34. The van der Waals surface area contributed by atoms with Gasteiger partial charge in [0, 0.05) is 32.9 Å². The summed E-state index contributed by atoms with van der Waals surface area (Å²) < 4.78 is 7.67. The van der Waals surface area contributed by atoms with Gasteiger partial charge in [-0.3, -0.25) is 4.68 Å². The fraction of sp³-hybridized carbons (Fsp3) is 0.800. The van der Waals surface area contributed by atoms with Gasteiger partial charge in [-0.2, -0.15) is 5.10 Å². The summed E-state index contributed by atoms with van der Waals surface area (Å²) in [5.41, 5.74) is 1.29. The number of ether oxygens (including phenoxy) is 1. The van der Waals surface area contributed by atoms with E-state index in [2.05, 4.69) is 41.6 Å².